The molecule has 1 amide bonds. The molecule has 2 N–H and O–H groups in total. The number of phosphoric ester groups is 1. The second-order valence-electron chi connectivity index (χ2n) is 25.6. The standard InChI is InChI=1S/C68H139N2O6P/c1-6-8-10-12-14-16-18-20-22-24-26-28-29-30-31-32-33-34-35-36-37-38-39-40-42-44-46-48-50-52-54-56-58-60-62-68(72)69-66(65-76-77(73,74)75-64-63-70(3,4)5)67(71)61-59-57-55-53-51-49-47-45-43-41-27-25-23-21-19-17-15-13-11-9-7-2/h66-67,71H,6-65H2,1-5H3,(H-,69,72,73,74). The van der Waals surface area contributed by atoms with Crippen LogP contribution in [0, 0.1) is 0 Å². The first-order valence-corrected chi connectivity index (χ1v) is 36.3. The van der Waals surface area contributed by atoms with E-state index < -0.39 is 20.0 Å². The fourth-order valence-electron chi connectivity index (χ4n) is 11.2. The second-order valence-corrected chi connectivity index (χ2v) is 27.0. The first kappa shape index (κ1) is 76.5. The second kappa shape index (κ2) is 60.1. The van der Waals surface area contributed by atoms with Gasteiger partial charge in [0.25, 0.3) is 7.82 Å². The highest BCUT2D eigenvalue weighted by Gasteiger charge is 2.24. The third-order valence-corrected chi connectivity index (χ3v) is 17.6. The Labute approximate surface area is 482 Å². The van der Waals surface area contributed by atoms with E-state index in [4.69, 9.17) is 9.05 Å². The Morgan fingerprint density at radius 3 is 0.883 bits per heavy atom. The normalized spacial score (nSPS) is 13.6. The highest BCUT2D eigenvalue weighted by molar-refractivity contribution is 7.45. The van der Waals surface area contributed by atoms with Gasteiger partial charge in [-0.15, -0.1) is 0 Å². The Morgan fingerprint density at radius 1 is 0.403 bits per heavy atom. The molecule has 0 spiro atoms. The molecule has 0 heterocycles. The van der Waals surface area contributed by atoms with Crippen molar-refractivity contribution in [3.8, 4) is 0 Å². The van der Waals surface area contributed by atoms with Crippen molar-refractivity contribution in [1.82, 2.24) is 5.32 Å². The summed E-state index contributed by atoms with van der Waals surface area (Å²) in [5.74, 6) is -0.154. The third kappa shape index (κ3) is 62.9. The van der Waals surface area contributed by atoms with Gasteiger partial charge in [-0.25, -0.2) is 0 Å². The van der Waals surface area contributed by atoms with Gasteiger partial charge in [-0.05, 0) is 12.8 Å². The predicted octanol–water partition coefficient (Wildman–Crippen LogP) is 21.3. The van der Waals surface area contributed by atoms with Gasteiger partial charge in [-0.2, -0.15) is 0 Å². The van der Waals surface area contributed by atoms with Crippen molar-refractivity contribution >= 4 is 13.7 Å². The predicted molar refractivity (Wildman–Crippen MR) is 335 cm³/mol. The highest BCUT2D eigenvalue weighted by Crippen LogP contribution is 2.38. The van der Waals surface area contributed by atoms with E-state index in [0.29, 0.717) is 23.9 Å². The van der Waals surface area contributed by atoms with Gasteiger partial charge < -0.3 is 28.8 Å². The van der Waals surface area contributed by atoms with Crippen molar-refractivity contribution in [2.45, 2.75) is 392 Å². The molecule has 8 nitrogen and oxygen atoms in total. The van der Waals surface area contributed by atoms with Crippen LogP contribution in [0.1, 0.15) is 380 Å². The molecule has 0 aromatic rings. The van der Waals surface area contributed by atoms with E-state index in [0.717, 1.165) is 38.5 Å². The summed E-state index contributed by atoms with van der Waals surface area (Å²) < 4.78 is 23.5. The Hall–Kier alpha value is -0.500. The molecule has 0 aliphatic heterocycles. The maximum Gasteiger partial charge on any atom is 0.268 e. The number of hydrogen-bond acceptors (Lipinski definition) is 6. The van der Waals surface area contributed by atoms with Crippen LogP contribution < -0.4 is 10.2 Å². The van der Waals surface area contributed by atoms with Crippen molar-refractivity contribution < 1.29 is 32.9 Å². The van der Waals surface area contributed by atoms with Crippen LogP contribution in [-0.2, 0) is 18.4 Å². The Morgan fingerprint density at radius 2 is 0.636 bits per heavy atom. The maximum atomic E-state index is 13.0. The Balaban J connectivity index is 3.93. The topological polar surface area (TPSA) is 108 Å². The van der Waals surface area contributed by atoms with Crippen molar-refractivity contribution in [1.29, 1.82) is 0 Å². The lowest BCUT2D eigenvalue weighted by atomic mass is 10.0. The zero-order valence-corrected chi connectivity index (χ0v) is 53.9. The van der Waals surface area contributed by atoms with Crippen LogP contribution >= 0.6 is 7.82 Å². The minimum atomic E-state index is -4.57. The lowest BCUT2D eigenvalue weighted by molar-refractivity contribution is -0.870. The van der Waals surface area contributed by atoms with E-state index in [1.165, 1.54) is 315 Å². The molecule has 77 heavy (non-hydrogen) atoms. The number of unbranched alkanes of at least 4 members (excludes halogenated alkanes) is 53. The molecule has 0 fully saturated rings. The summed E-state index contributed by atoms with van der Waals surface area (Å²) in [6.45, 7) is 4.80. The van der Waals surface area contributed by atoms with Crippen molar-refractivity contribution in [2.75, 3.05) is 40.9 Å². The van der Waals surface area contributed by atoms with Gasteiger partial charge in [-0.3, -0.25) is 9.36 Å². The van der Waals surface area contributed by atoms with Crippen molar-refractivity contribution in [2.24, 2.45) is 0 Å². The van der Waals surface area contributed by atoms with E-state index in [1.807, 2.05) is 21.1 Å². The molecule has 3 atom stereocenters. The number of hydrogen-bond donors (Lipinski definition) is 2. The highest BCUT2D eigenvalue weighted by atomic mass is 31.2. The summed E-state index contributed by atoms with van der Waals surface area (Å²) in [7, 11) is 1.33. The molecule has 0 radical (unpaired) electrons. The quantitative estimate of drug-likeness (QED) is 0.0357. The minimum absolute atomic E-state index is 0.0169. The Kier molecular flexibility index (Phi) is 59.7. The van der Waals surface area contributed by atoms with Gasteiger partial charge in [-0.1, -0.05) is 361 Å². The van der Waals surface area contributed by atoms with Crippen LogP contribution in [0.5, 0.6) is 0 Å². The molecule has 0 aromatic heterocycles. The zero-order chi connectivity index (χ0) is 56.3. The molecule has 0 aliphatic rings. The molecule has 462 valence electrons. The van der Waals surface area contributed by atoms with E-state index in [9.17, 15) is 19.4 Å². The summed E-state index contributed by atoms with van der Waals surface area (Å²) in [5, 5.41) is 14.1. The minimum Gasteiger partial charge on any atom is -0.756 e. The molecule has 0 aliphatic carbocycles. The number of aliphatic hydroxyl groups excluding tert-OH is 1. The lowest BCUT2D eigenvalue weighted by Gasteiger charge is -2.30. The van der Waals surface area contributed by atoms with Gasteiger partial charge in [0.1, 0.15) is 13.2 Å². The first-order valence-electron chi connectivity index (χ1n) is 34.9. The molecular formula is C68H139N2O6P. The number of nitrogens with one attached hydrogen (secondary N) is 1. The number of phosphoric acid groups is 1. The van der Waals surface area contributed by atoms with Crippen molar-refractivity contribution in [3.05, 3.63) is 0 Å². The molecular weight excluding hydrogens is 972 g/mol. The van der Waals surface area contributed by atoms with E-state index in [-0.39, 0.29) is 19.1 Å². The average Bonchev–Trinajstić information content (AvgIpc) is 3.39. The monoisotopic (exact) mass is 1110 g/mol. The van der Waals surface area contributed by atoms with Crippen LogP contribution in [0.2, 0.25) is 0 Å². The molecule has 0 saturated carbocycles. The van der Waals surface area contributed by atoms with Gasteiger partial charge in [0, 0.05) is 6.42 Å². The van der Waals surface area contributed by atoms with Gasteiger partial charge in [0.15, 0.2) is 0 Å². The molecule has 0 saturated heterocycles. The van der Waals surface area contributed by atoms with Crippen LogP contribution in [0.3, 0.4) is 0 Å². The van der Waals surface area contributed by atoms with E-state index in [2.05, 4.69) is 19.2 Å². The summed E-state index contributed by atoms with van der Waals surface area (Å²) in [4.78, 5) is 25.6. The lowest BCUT2D eigenvalue weighted by Crippen LogP contribution is -2.46. The average molecular weight is 1110 g/mol. The first-order chi connectivity index (χ1) is 37.5. The number of carbonyl (C=O) groups excluding carboxylic acids is 1. The van der Waals surface area contributed by atoms with Gasteiger partial charge in [0.2, 0.25) is 5.91 Å². The number of rotatable bonds is 66. The summed E-state index contributed by atoms with van der Waals surface area (Å²) in [5.41, 5.74) is 0. The van der Waals surface area contributed by atoms with Crippen LogP contribution in [0.15, 0.2) is 0 Å². The van der Waals surface area contributed by atoms with Gasteiger partial charge >= 0.3 is 0 Å². The fraction of sp³-hybridized carbons (Fsp3) is 0.985. The van der Waals surface area contributed by atoms with Crippen molar-refractivity contribution in [3.63, 3.8) is 0 Å². The SMILES string of the molecule is CCCCCCCCCCCCCCCCCCCCCCCCCCCCCCCCCCCCC(=O)NC(COP(=O)([O-])OCC[N+](C)(C)C)C(O)CCCCCCCCCCCCCCCCCCCCCCC. The van der Waals surface area contributed by atoms with Crippen LogP contribution in [0.25, 0.3) is 0 Å². The molecule has 9 heteroatoms. The number of carbonyl (C=O) groups is 1. The van der Waals surface area contributed by atoms with Crippen LogP contribution in [-0.4, -0.2) is 68.5 Å². The van der Waals surface area contributed by atoms with E-state index in [1.54, 1.807) is 0 Å². The van der Waals surface area contributed by atoms with Crippen LogP contribution in [0.4, 0.5) is 0 Å². The number of likely N-dealkylation sites (N-methyl/N-ethyl adjacent to an activating group) is 1. The molecule has 0 bridgehead atoms. The smallest absolute Gasteiger partial charge is 0.268 e. The summed E-state index contributed by atoms with van der Waals surface area (Å²) in [6, 6.07) is -0.796. The fourth-order valence-corrected chi connectivity index (χ4v) is 11.9. The van der Waals surface area contributed by atoms with E-state index >= 15 is 0 Å². The zero-order valence-electron chi connectivity index (χ0n) is 53.0. The maximum absolute atomic E-state index is 13.0. The number of amides is 1. The third-order valence-electron chi connectivity index (χ3n) is 16.6. The molecule has 0 aromatic carbocycles. The number of nitrogens with zero attached hydrogens (tertiary/aromatic N) is 1. The Bertz CT molecular complexity index is 1220. The molecule has 3 unspecified atom stereocenters. The number of aliphatic hydroxyl groups is 1. The number of quaternary nitrogens is 1. The summed E-state index contributed by atoms with van der Waals surface area (Å²) in [6.07, 6.45) is 74.7. The molecule has 0 rings (SSSR count). The largest absolute Gasteiger partial charge is 0.756 e. The van der Waals surface area contributed by atoms with Gasteiger partial charge in [0.05, 0.1) is 39.9 Å². The summed E-state index contributed by atoms with van der Waals surface area (Å²) >= 11 is 0.